The quantitative estimate of drug-likeness (QED) is 0.455. The van der Waals surface area contributed by atoms with E-state index in [1.165, 1.54) is 0 Å². The summed E-state index contributed by atoms with van der Waals surface area (Å²) in [7, 11) is 1.62. The smallest absolute Gasteiger partial charge is 0.192 e. The van der Waals surface area contributed by atoms with Crippen LogP contribution in [0.15, 0.2) is 29.3 Å². The first-order valence-electron chi connectivity index (χ1n) is 6.96. The van der Waals surface area contributed by atoms with Crippen molar-refractivity contribution in [1.29, 1.82) is 0 Å². The summed E-state index contributed by atoms with van der Waals surface area (Å²) in [6.45, 7) is 5.69. The van der Waals surface area contributed by atoms with Crippen LogP contribution in [-0.2, 0) is 0 Å². The molecule has 0 bridgehead atoms. The van der Waals surface area contributed by atoms with E-state index in [0.717, 1.165) is 6.54 Å². The Labute approximate surface area is 126 Å². The van der Waals surface area contributed by atoms with Crippen LogP contribution in [0.2, 0.25) is 0 Å². The van der Waals surface area contributed by atoms with Crippen molar-refractivity contribution < 1.29 is 9.47 Å². The van der Waals surface area contributed by atoms with Crippen LogP contribution in [0.5, 0.6) is 11.5 Å². The number of terminal acetylenes is 1. The molecule has 0 radical (unpaired) electrons. The number of ether oxygens (including phenoxy) is 2. The van der Waals surface area contributed by atoms with Crippen molar-refractivity contribution in [3.63, 3.8) is 0 Å². The summed E-state index contributed by atoms with van der Waals surface area (Å²) < 4.78 is 11.1. The van der Waals surface area contributed by atoms with Gasteiger partial charge in [-0.25, -0.2) is 4.99 Å². The summed E-state index contributed by atoms with van der Waals surface area (Å²) >= 11 is 0. The molecule has 1 aromatic rings. The Hall–Kier alpha value is -2.35. The van der Waals surface area contributed by atoms with Gasteiger partial charge in [0.05, 0.1) is 20.2 Å². The highest BCUT2D eigenvalue weighted by atomic mass is 16.5. The van der Waals surface area contributed by atoms with E-state index in [-0.39, 0.29) is 6.10 Å². The van der Waals surface area contributed by atoms with Gasteiger partial charge >= 0.3 is 0 Å². The summed E-state index contributed by atoms with van der Waals surface area (Å²) in [5.74, 6) is 4.63. The number of nitrogens with one attached hydrogen (secondary N) is 2. The normalized spacial score (nSPS) is 12.2. The van der Waals surface area contributed by atoms with E-state index in [9.17, 15) is 0 Å². The second-order valence-corrected chi connectivity index (χ2v) is 4.36. The molecule has 0 aliphatic rings. The number of hydrogen-bond donors (Lipinski definition) is 2. The summed E-state index contributed by atoms with van der Waals surface area (Å²) in [4.78, 5) is 4.44. The Morgan fingerprint density at radius 2 is 2.05 bits per heavy atom. The number of nitrogens with zero attached hydrogens (tertiary/aromatic N) is 1. The first kappa shape index (κ1) is 16.7. The molecule has 1 unspecified atom stereocenters. The highest BCUT2D eigenvalue weighted by Gasteiger charge is 2.08. The Morgan fingerprint density at radius 3 is 2.67 bits per heavy atom. The molecule has 0 aromatic heterocycles. The lowest BCUT2D eigenvalue weighted by Gasteiger charge is -2.16. The zero-order valence-corrected chi connectivity index (χ0v) is 12.8. The van der Waals surface area contributed by atoms with Crippen molar-refractivity contribution >= 4 is 5.96 Å². The van der Waals surface area contributed by atoms with Crippen molar-refractivity contribution in [2.45, 2.75) is 20.0 Å². The minimum absolute atomic E-state index is 0.0809. The molecular formula is C16H23N3O2. The zero-order chi connectivity index (χ0) is 15.5. The predicted molar refractivity (Wildman–Crippen MR) is 85.9 cm³/mol. The number of benzene rings is 1. The van der Waals surface area contributed by atoms with Gasteiger partial charge in [-0.05, 0) is 26.0 Å². The van der Waals surface area contributed by atoms with Crippen LogP contribution in [0.25, 0.3) is 0 Å². The van der Waals surface area contributed by atoms with Gasteiger partial charge in [-0.2, -0.15) is 0 Å². The van der Waals surface area contributed by atoms with E-state index in [0.29, 0.717) is 30.5 Å². The zero-order valence-electron chi connectivity index (χ0n) is 12.8. The number of methoxy groups -OCH3 is 1. The van der Waals surface area contributed by atoms with Crippen LogP contribution in [0.1, 0.15) is 13.8 Å². The molecule has 0 amide bonds. The van der Waals surface area contributed by atoms with Gasteiger partial charge < -0.3 is 20.1 Å². The third-order valence-corrected chi connectivity index (χ3v) is 2.61. The average Bonchev–Trinajstić information content (AvgIpc) is 2.50. The fourth-order valence-electron chi connectivity index (χ4n) is 1.67. The van der Waals surface area contributed by atoms with Crippen LogP contribution in [0.3, 0.4) is 0 Å². The molecule has 1 rings (SSSR count). The second kappa shape index (κ2) is 9.54. The Bertz CT molecular complexity index is 495. The van der Waals surface area contributed by atoms with Gasteiger partial charge in [0.25, 0.3) is 0 Å². The fraction of sp³-hybridized carbons (Fsp3) is 0.438. The highest BCUT2D eigenvalue weighted by molar-refractivity contribution is 5.79. The molecule has 1 aromatic carbocycles. The lowest BCUT2D eigenvalue weighted by molar-refractivity contribution is 0.219. The highest BCUT2D eigenvalue weighted by Crippen LogP contribution is 2.26. The van der Waals surface area contributed by atoms with E-state index < -0.39 is 0 Å². The summed E-state index contributed by atoms with van der Waals surface area (Å²) in [5, 5.41) is 6.16. The average molecular weight is 289 g/mol. The summed E-state index contributed by atoms with van der Waals surface area (Å²) in [6, 6.07) is 7.55. The Morgan fingerprint density at radius 1 is 1.33 bits per heavy atom. The number of hydrogen-bond acceptors (Lipinski definition) is 3. The molecule has 0 fully saturated rings. The second-order valence-electron chi connectivity index (χ2n) is 4.36. The van der Waals surface area contributed by atoms with Crippen molar-refractivity contribution in [1.82, 2.24) is 10.6 Å². The van der Waals surface area contributed by atoms with E-state index in [2.05, 4.69) is 21.5 Å². The molecule has 0 aliphatic heterocycles. The molecule has 0 heterocycles. The Kier molecular flexibility index (Phi) is 7.59. The molecule has 5 heteroatoms. The van der Waals surface area contributed by atoms with Crippen LogP contribution < -0.4 is 20.1 Å². The van der Waals surface area contributed by atoms with E-state index in [1.54, 1.807) is 7.11 Å². The number of aliphatic imine (C=N–C) groups is 1. The standard InChI is InChI=1S/C16H23N3O2/c1-5-11-18-16(17-6-2)19-12-13(3)21-15-10-8-7-9-14(15)20-4/h1,7-10,13H,6,11-12H2,2-4H3,(H2,17,18,19). The Balaban J connectivity index is 2.59. The maximum absolute atomic E-state index is 5.84. The molecule has 0 saturated heterocycles. The first-order chi connectivity index (χ1) is 10.2. The van der Waals surface area contributed by atoms with Crippen LogP contribution in [0.4, 0.5) is 0 Å². The molecule has 114 valence electrons. The third-order valence-electron chi connectivity index (χ3n) is 2.61. The third kappa shape index (κ3) is 6.09. The molecular weight excluding hydrogens is 266 g/mol. The van der Waals surface area contributed by atoms with Gasteiger partial charge in [-0.15, -0.1) is 6.42 Å². The maximum Gasteiger partial charge on any atom is 0.192 e. The fourth-order valence-corrected chi connectivity index (χ4v) is 1.67. The first-order valence-corrected chi connectivity index (χ1v) is 6.96. The number of rotatable bonds is 7. The van der Waals surface area contributed by atoms with Crippen LogP contribution in [0, 0.1) is 12.3 Å². The van der Waals surface area contributed by atoms with E-state index >= 15 is 0 Å². The van der Waals surface area contributed by atoms with E-state index in [1.807, 2.05) is 38.1 Å². The molecule has 21 heavy (non-hydrogen) atoms. The summed E-state index contributed by atoms with van der Waals surface area (Å²) in [6.07, 6.45) is 5.15. The SMILES string of the molecule is C#CCNC(=NCC(C)Oc1ccccc1OC)NCC. The van der Waals surface area contributed by atoms with Gasteiger partial charge in [0.1, 0.15) is 6.10 Å². The topological polar surface area (TPSA) is 54.9 Å². The molecule has 1 atom stereocenters. The largest absolute Gasteiger partial charge is 0.493 e. The van der Waals surface area contributed by atoms with Crippen molar-refractivity contribution in [2.24, 2.45) is 4.99 Å². The molecule has 0 saturated carbocycles. The van der Waals surface area contributed by atoms with Crippen LogP contribution in [-0.4, -0.2) is 38.8 Å². The van der Waals surface area contributed by atoms with Gasteiger partial charge in [-0.1, -0.05) is 18.1 Å². The molecule has 0 spiro atoms. The van der Waals surface area contributed by atoms with Crippen molar-refractivity contribution in [2.75, 3.05) is 26.7 Å². The number of para-hydroxylation sites is 2. The lowest BCUT2D eigenvalue weighted by Crippen LogP contribution is -2.38. The van der Waals surface area contributed by atoms with Crippen LogP contribution >= 0.6 is 0 Å². The van der Waals surface area contributed by atoms with Crippen molar-refractivity contribution in [3.05, 3.63) is 24.3 Å². The molecule has 2 N–H and O–H groups in total. The van der Waals surface area contributed by atoms with Gasteiger partial charge in [-0.3, -0.25) is 0 Å². The van der Waals surface area contributed by atoms with Gasteiger partial charge in [0.2, 0.25) is 0 Å². The lowest BCUT2D eigenvalue weighted by atomic mass is 10.3. The monoisotopic (exact) mass is 289 g/mol. The molecule has 5 nitrogen and oxygen atoms in total. The predicted octanol–water partition coefficient (Wildman–Crippen LogP) is 1.65. The number of guanidine groups is 1. The summed E-state index contributed by atoms with van der Waals surface area (Å²) in [5.41, 5.74) is 0. The van der Waals surface area contributed by atoms with Crippen molar-refractivity contribution in [3.8, 4) is 23.8 Å². The van der Waals surface area contributed by atoms with Gasteiger partial charge in [0.15, 0.2) is 17.5 Å². The van der Waals surface area contributed by atoms with E-state index in [4.69, 9.17) is 15.9 Å². The maximum atomic E-state index is 5.84. The molecule has 0 aliphatic carbocycles. The minimum Gasteiger partial charge on any atom is -0.493 e. The minimum atomic E-state index is -0.0809. The van der Waals surface area contributed by atoms with Gasteiger partial charge in [0, 0.05) is 6.54 Å².